The Morgan fingerprint density at radius 1 is 1.00 bits per heavy atom. The average molecular weight is 287 g/mol. The Hall–Kier alpha value is -1.26. The number of ether oxygens (including phenoxy) is 2. The van der Waals surface area contributed by atoms with Crippen LogP contribution in [0.2, 0.25) is 0 Å². The van der Waals surface area contributed by atoms with Gasteiger partial charge in [-0.3, -0.25) is 4.79 Å². The van der Waals surface area contributed by atoms with Crippen LogP contribution >= 0.6 is 0 Å². The van der Waals surface area contributed by atoms with Crippen molar-refractivity contribution in [3.8, 4) is 0 Å². The normalized spacial score (nSPS) is 14.9. The van der Waals surface area contributed by atoms with Crippen LogP contribution in [0.5, 0.6) is 0 Å². The van der Waals surface area contributed by atoms with Crippen LogP contribution in [0.1, 0.15) is 48.5 Å². The van der Waals surface area contributed by atoms with Crippen LogP contribution in [-0.4, -0.2) is 30.8 Å². The summed E-state index contributed by atoms with van der Waals surface area (Å²) >= 11 is 0. The van der Waals surface area contributed by atoms with E-state index in [9.17, 15) is 9.59 Å². The lowest BCUT2D eigenvalue weighted by Gasteiger charge is -2.32. The lowest BCUT2D eigenvalue weighted by Crippen LogP contribution is -2.50. The Bertz CT molecular complexity index is 331. The van der Waals surface area contributed by atoms with Crippen LogP contribution in [-0.2, 0) is 14.3 Å². The van der Waals surface area contributed by atoms with E-state index in [1.54, 1.807) is 20.8 Å². The minimum Gasteiger partial charge on any atom is -0.469 e. The highest BCUT2D eigenvalue weighted by atomic mass is 16.6. The van der Waals surface area contributed by atoms with Crippen molar-refractivity contribution < 1.29 is 19.1 Å². The summed E-state index contributed by atoms with van der Waals surface area (Å²) in [6.07, 6.45) is -0.509. The molecule has 1 N–H and O–H groups in total. The highest BCUT2D eigenvalue weighted by Crippen LogP contribution is 2.23. The van der Waals surface area contributed by atoms with E-state index in [1.807, 2.05) is 27.7 Å². The first-order chi connectivity index (χ1) is 8.99. The third-order valence-corrected chi connectivity index (χ3v) is 2.98. The molecule has 0 aromatic heterocycles. The molecular weight excluding hydrogens is 258 g/mol. The molecule has 118 valence electrons. The van der Waals surface area contributed by atoms with Crippen molar-refractivity contribution in [3.05, 3.63) is 0 Å². The number of nitrogens with one attached hydrogen (secondary N) is 1. The van der Waals surface area contributed by atoms with Gasteiger partial charge in [0.25, 0.3) is 0 Å². The Morgan fingerprint density at radius 3 is 1.80 bits per heavy atom. The molecule has 0 aromatic carbocycles. The standard InChI is InChI=1S/C15H29NO4/c1-9(2)11(13(17)19-8)12(10(3)4)16-14(18)20-15(5,6)7/h9-12H,1-8H3,(H,16,18)/t11-,12-/m1/s1. The molecule has 0 saturated carbocycles. The number of carbonyl (C=O) groups is 2. The molecule has 0 bridgehead atoms. The van der Waals surface area contributed by atoms with Crippen LogP contribution in [0.15, 0.2) is 0 Å². The summed E-state index contributed by atoms with van der Waals surface area (Å²) in [5, 5.41) is 2.81. The fourth-order valence-corrected chi connectivity index (χ4v) is 2.08. The number of alkyl carbamates (subject to hydrolysis) is 1. The second-order valence-electron chi connectivity index (χ2n) is 6.71. The van der Waals surface area contributed by atoms with E-state index in [2.05, 4.69) is 5.32 Å². The van der Waals surface area contributed by atoms with Crippen LogP contribution < -0.4 is 5.32 Å². The minimum atomic E-state index is -0.565. The Balaban J connectivity index is 5.03. The fraction of sp³-hybridized carbons (Fsp3) is 0.867. The summed E-state index contributed by atoms with van der Waals surface area (Å²) in [5.74, 6) is -0.555. The van der Waals surface area contributed by atoms with E-state index in [0.717, 1.165) is 0 Å². The lowest BCUT2D eigenvalue weighted by molar-refractivity contribution is -0.148. The molecule has 2 atom stereocenters. The first-order valence-corrected chi connectivity index (χ1v) is 7.07. The third-order valence-electron chi connectivity index (χ3n) is 2.98. The largest absolute Gasteiger partial charge is 0.469 e. The maximum Gasteiger partial charge on any atom is 0.407 e. The molecular formula is C15H29NO4. The molecule has 0 rings (SSSR count). The summed E-state index contributed by atoms with van der Waals surface area (Å²) in [6.45, 7) is 13.2. The smallest absolute Gasteiger partial charge is 0.407 e. The van der Waals surface area contributed by atoms with Gasteiger partial charge < -0.3 is 14.8 Å². The monoisotopic (exact) mass is 287 g/mol. The summed E-state index contributed by atoms with van der Waals surface area (Å²) in [4.78, 5) is 23.9. The zero-order chi connectivity index (χ0) is 16.1. The number of hydrogen-bond acceptors (Lipinski definition) is 4. The summed E-state index contributed by atoms with van der Waals surface area (Å²) < 4.78 is 10.1. The average Bonchev–Trinajstić information content (AvgIpc) is 2.24. The number of methoxy groups -OCH3 is 1. The van der Waals surface area contributed by atoms with E-state index in [0.29, 0.717) is 0 Å². The van der Waals surface area contributed by atoms with Gasteiger partial charge in [0, 0.05) is 6.04 Å². The lowest BCUT2D eigenvalue weighted by atomic mass is 9.82. The maximum atomic E-state index is 12.0. The second kappa shape index (κ2) is 7.50. The maximum absolute atomic E-state index is 12.0. The van der Waals surface area contributed by atoms with Crippen molar-refractivity contribution >= 4 is 12.1 Å². The van der Waals surface area contributed by atoms with Crippen molar-refractivity contribution in [2.45, 2.75) is 60.1 Å². The van der Waals surface area contributed by atoms with Gasteiger partial charge in [-0.25, -0.2) is 4.79 Å². The van der Waals surface area contributed by atoms with E-state index in [1.165, 1.54) is 7.11 Å². The fourth-order valence-electron chi connectivity index (χ4n) is 2.08. The Morgan fingerprint density at radius 2 is 1.50 bits per heavy atom. The molecule has 5 heteroatoms. The van der Waals surface area contributed by atoms with Crippen molar-refractivity contribution in [1.29, 1.82) is 0 Å². The van der Waals surface area contributed by atoms with E-state index >= 15 is 0 Å². The van der Waals surface area contributed by atoms with E-state index < -0.39 is 17.6 Å². The van der Waals surface area contributed by atoms with Gasteiger partial charge in [-0.15, -0.1) is 0 Å². The Labute approximate surface area is 122 Å². The molecule has 0 unspecified atom stereocenters. The number of carbonyl (C=O) groups excluding carboxylic acids is 2. The molecule has 0 fully saturated rings. The Kier molecular flexibility index (Phi) is 7.03. The molecule has 0 heterocycles. The first-order valence-electron chi connectivity index (χ1n) is 7.07. The molecule has 1 amide bonds. The molecule has 20 heavy (non-hydrogen) atoms. The van der Waals surface area contributed by atoms with Crippen molar-refractivity contribution in [2.24, 2.45) is 17.8 Å². The van der Waals surface area contributed by atoms with Gasteiger partial charge in [0.2, 0.25) is 0 Å². The van der Waals surface area contributed by atoms with Crippen LogP contribution in [0.4, 0.5) is 4.79 Å². The van der Waals surface area contributed by atoms with Gasteiger partial charge in [0.05, 0.1) is 13.0 Å². The zero-order valence-corrected chi connectivity index (χ0v) is 13.9. The van der Waals surface area contributed by atoms with Crippen molar-refractivity contribution in [1.82, 2.24) is 5.32 Å². The molecule has 0 aliphatic heterocycles. The number of hydrogen-bond donors (Lipinski definition) is 1. The summed E-state index contributed by atoms with van der Waals surface area (Å²) in [7, 11) is 1.36. The third kappa shape index (κ3) is 6.26. The predicted molar refractivity (Wildman–Crippen MR) is 78.3 cm³/mol. The number of rotatable bonds is 5. The minimum absolute atomic E-state index is 0.0600. The topological polar surface area (TPSA) is 64.6 Å². The van der Waals surface area contributed by atoms with Crippen LogP contribution in [0, 0.1) is 17.8 Å². The second-order valence-corrected chi connectivity index (χ2v) is 6.71. The molecule has 0 radical (unpaired) electrons. The van der Waals surface area contributed by atoms with Gasteiger partial charge in [0.1, 0.15) is 5.60 Å². The molecule has 5 nitrogen and oxygen atoms in total. The molecule has 0 aliphatic rings. The van der Waals surface area contributed by atoms with Crippen LogP contribution in [0.25, 0.3) is 0 Å². The highest BCUT2D eigenvalue weighted by molar-refractivity contribution is 5.75. The van der Waals surface area contributed by atoms with Crippen molar-refractivity contribution in [3.63, 3.8) is 0 Å². The van der Waals surface area contributed by atoms with Gasteiger partial charge >= 0.3 is 12.1 Å². The van der Waals surface area contributed by atoms with Gasteiger partial charge in [0.15, 0.2) is 0 Å². The SMILES string of the molecule is COC(=O)[C@H](C(C)C)[C@H](NC(=O)OC(C)(C)C)C(C)C. The molecule has 0 spiro atoms. The zero-order valence-electron chi connectivity index (χ0n) is 13.9. The van der Waals surface area contributed by atoms with Crippen molar-refractivity contribution in [2.75, 3.05) is 7.11 Å². The number of esters is 1. The van der Waals surface area contributed by atoms with Crippen LogP contribution in [0.3, 0.4) is 0 Å². The van der Waals surface area contributed by atoms with E-state index in [-0.39, 0.29) is 23.8 Å². The van der Waals surface area contributed by atoms with E-state index in [4.69, 9.17) is 9.47 Å². The van der Waals surface area contributed by atoms with Gasteiger partial charge in [-0.2, -0.15) is 0 Å². The highest BCUT2D eigenvalue weighted by Gasteiger charge is 2.35. The molecule has 0 aromatic rings. The number of amides is 1. The molecule has 0 aliphatic carbocycles. The quantitative estimate of drug-likeness (QED) is 0.789. The van der Waals surface area contributed by atoms with Gasteiger partial charge in [-0.05, 0) is 32.6 Å². The summed E-state index contributed by atoms with van der Waals surface area (Å²) in [5.41, 5.74) is -0.565. The summed E-state index contributed by atoms with van der Waals surface area (Å²) in [6, 6.07) is -0.322. The first kappa shape index (κ1) is 18.7. The van der Waals surface area contributed by atoms with Gasteiger partial charge in [-0.1, -0.05) is 27.7 Å². The molecule has 0 saturated heterocycles. The predicted octanol–water partition coefficient (Wildman–Crippen LogP) is 2.98.